The smallest absolute Gasteiger partial charge is 0.271 e. The van der Waals surface area contributed by atoms with Crippen molar-refractivity contribution >= 4 is 50.1 Å². The standard InChI is InChI=1S/C16H11N3O5.2C8H9.Sn/c20-10-14(11-4-2-1-3-5-11)16(22)18-17-15(21)12-6-8-13(9-7-12)19(23)24;2*1-7-3-5-8(2)6-4-7;/h1-9H,(H,17,21)(H,18,22);2*3-6H,1H2,2H3;. The summed E-state index contributed by atoms with van der Waals surface area (Å²) >= 11 is -0.287. The molecule has 4 rings (SSSR count). The van der Waals surface area contributed by atoms with E-state index >= 15 is 0 Å². The van der Waals surface area contributed by atoms with Crippen LogP contribution in [0.4, 0.5) is 5.69 Å². The number of nitro benzene ring substituents is 1. The number of hydrogen-bond donors (Lipinski definition) is 2. The number of hydrazone groups is 1. The van der Waals surface area contributed by atoms with Crippen LogP contribution in [0, 0.1) is 24.0 Å². The van der Waals surface area contributed by atoms with Gasteiger partial charge in [0.2, 0.25) is 5.90 Å². The van der Waals surface area contributed by atoms with E-state index in [4.69, 9.17) is 0 Å². The molecule has 0 saturated heterocycles. The second-order valence-electron chi connectivity index (χ2n) is 9.10. The molecule has 0 heterocycles. The van der Waals surface area contributed by atoms with Gasteiger partial charge in [0.05, 0.1) is 4.92 Å². The summed E-state index contributed by atoms with van der Waals surface area (Å²) < 4.78 is 2.69. The van der Waals surface area contributed by atoms with Crippen molar-refractivity contribution < 1.29 is 19.6 Å². The summed E-state index contributed by atoms with van der Waals surface area (Å²) in [4.78, 5) is 32.8. The second-order valence-corrected chi connectivity index (χ2v) is 12.5. The summed E-state index contributed by atoms with van der Waals surface area (Å²) in [6.07, 6.45) is 0. The first-order valence-corrected chi connectivity index (χ1v) is 16.7. The fourth-order valence-electron chi connectivity index (χ4n) is 3.56. The quantitative estimate of drug-likeness (QED) is 0.0589. The first-order chi connectivity index (χ1) is 19.8. The van der Waals surface area contributed by atoms with Crippen LogP contribution in [0.1, 0.15) is 38.2 Å². The van der Waals surface area contributed by atoms with Gasteiger partial charge in [0.25, 0.3) is 11.6 Å². The first-order valence-electron chi connectivity index (χ1n) is 12.7. The number of non-ortho nitro benzene ring substituents is 1. The van der Waals surface area contributed by atoms with Gasteiger partial charge >= 0.3 is 115 Å². The molecule has 4 aromatic carbocycles. The molecule has 0 unspecified atom stereocenters. The maximum atomic E-state index is 11.9. The molecular weight excluding hydrogens is 625 g/mol. The van der Waals surface area contributed by atoms with Crippen molar-refractivity contribution in [3.63, 3.8) is 0 Å². The predicted molar refractivity (Wildman–Crippen MR) is 162 cm³/mol. The van der Waals surface area contributed by atoms with Crippen molar-refractivity contribution in [3.8, 4) is 0 Å². The molecule has 0 aliphatic rings. The first kappa shape index (κ1) is 31.0. The second kappa shape index (κ2) is 15.9. The molecule has 9 heteroatoms. The van der Waals surface area contributed by atoms with Crippen LogP contribution in [-0.4, -0.2) is 48.9 Å². The van der Waals surface area contributed by atoms with Gasteiger partial charge in [-0.15, -0.1) is 5.10 Å². The van der Waals surface area contributed by atoms with E-state index in [9.17, 15) is 24.8 Å². The summed E-state index contributed by atoms with van der Waals surface area (Å²) in [5, 5.41) is 23.8. The summed E-state index contributed by atoms with van der Waals surface area (Å²) in [7, 11) is 0. The van der Waals surface area contributed by atoms with Crippen molar-refractivity contribution in [2.24, 2.45) is 5.10 Å². The Kier molecular flexibility index (Phi) is 12.0. The molecule has 0 spiro atoms. The third kappa shape index (κ3) is 10.2. The number of hydrogen-bond acceptors (Lipinski definition) is 5. The molecule has 2 N–H and O–H groups in total. The van der Waals surface area contributed by atoms with Gasteiger partial charge in [-0.1, -0.05) is 30.3 Å². The van der Waals surface area contributed by atoms with Crippen molar-refractivity contribution in [1.29, 1.82) is 0 Å². The van der Waals surface area contributed by atoms with E-state index in [1.807, 2.05) is 0 Å². The van der Waals surface area contributed by atoms with Crippen LogP contribution in [0.2, 0.25) is 0 Å². The van der Waals surface area contributed by atoms with E-state index in [1.165, 1.54) is 55.4 Å². The van der Waals surface area contributed by atoms with Crippen LogP contribution in [0.25, 0.3) is 5.57 Å². The SMILES string of the molecule is Cc1ccc([CH2][Sn][CH2]c2ccc(C)cc2)cc1.O=C=C(C(O)=NNC(=O)c1ccc([N+](=O)[O-])cc1)c1ccccc1. The zero-order chi connectivity index (χ0) is 29.6. The van der Waals surface area contributed by atoms with Crippen molar-refractivity contribution in [2.45, 2.75) is 22.7 Å². The Morgan fingerprint density at radius 3 is 1.80 bits per heavy atom. The van der Waals surface area contributed by atoms with Crippen molar-refractivity contribution in [3.05, 3.63) is 147 Å². The molecule has 0 aliphatic carbocycles. The number of aliphatic hydroxyl groups is 1. The van der Waals surface area contributed by atoms with Gasteiger partial charge < -0.3 is 5.11 Å². The van der Waals surface area contributed by atoms with E-state index in [-0.39, 0.29) is 38.0 Å². The number of amides is 1. The molecule has 0 aliphatic heterocycles. The zero-order valence-electron chi connectivity index (χ0n) is 22.7. The summed E-state index contributed by atoms with van der Waals surface area (Å²) in [5.41, 5.74) is 7.95. The Morgan fingerprint density at radius 1 is 0.829 bits per heavy atom. The van der Waals surface area contributed by atoms with E-state index < -0.39 is 16.7 Å². The number of aryl methyl sites for hydroxylation is 2. The van der Waals surface area contributed by atoms with E-state index in [0.29, 0.717) is 5.56 Å². The third-order valence-electron chi connectivity index (χ3n) is 5.89. The third-order valence-corrected chi connectivity index (χ3v) is 9.65. The zero-order valence-corrected chi connectivity index (χ0v) is 25.6. The number of nitro groups is 1. The fourth-order valence-corrected chi connectivity index (χ4v) is 6.91. The molecule has 41 heavy (non-hydrogen) atoms. The maximum Gasteiger partial charge on any atom is 0.271 e. The van der Waals surface area contributed by atoms with Gasteiger partial charge in [-0.3, -0.25) is 14.9 Å². The number of carbonyl (C=O) groups excluding carboxylic acids is 2. The normalized spacial score (nSPS) is 10.5. The van der Waals surface area contributed by atoms with Crippen molar-refractivity contribution in [2.75, 3.05) is 0 Å². The monoisotopic (exact) mass is 655 g/mol. The summed E-state index contributed by atoms with van der Waals surface area (Å²) in [6.45, 7) is 4.30. The van der Waals surface area contributed by atoms with Crippen LogP contribution in [-0.2, 0) is 13.7 Å². The Bertz CT molecular complexity index is 1480. The minimum Gasteiger partial charge on any atom is -0.491 e. The van der Waals surface area contributed by atoms with E-state index in [1.54, 1.807) is 36.3 Å². The summed E-state index contributed by atoms with van der Waals surface area (Å²) in [5.74, 6) is 0.160. The summed E-state index contributed by atoms with van der Waals surface area (Å²) in [6, 6.07) is 31.0. The fraction of sp³-hybridized carbons (Fsp3) is 0.125. The Morgan fingerprint density at radius 2 is 1.34 bits per heavy atom. The molecular formula is C32H29N3O5Sn. The number of carbonyl (C=O) groups is 1. The molecule has 1 amide bonds. The minimum absolute atomic E-state index is 0.105. The molecule has 0 atom stereocenters. The van der Waals surface area contributed by atoms with Crippen LogP contribution in [0.3, 0.4) is 0 Å². The van der Waals surface area contributed by atoms with Crippen LogP contribution < -0.4 is 5.43 Å². The molecule has 4 aromatic rings. The molecule has 8 nitrogen and oxygen atoms in total. The van der Waals surface area contributed by atoms with Crippen LogP contribution in [0.5, 0.6) is 0 Å². The molecule has 0 saturated carbocycles. The topological polar surface area (TPSA) is 122 Å². The van der Waals surface area contributed by atoms with Crippen LogP contribution >= 0.6 is 0 Å². The number of rotatable bonds is 9. The van der Waals surface area contributed by atoms with Gasteiger partial charge in [0, 0.05) is 17.7 Å². The maximum absolute atomic E-state index is 11.9. The molecule has 0 fully saturated rings. The van der Waals surface area contributed by atoms with Crippen LogP contribution in [0.15, 0.2) is 108 Å². The number of benzene rings is 4. The Hall–Kier alpha value is -4.53. The van der Waals surface area contributed by atoms with Gasteiger partial charge in [-0.05, 0) is 17.7 Å². The Labute approximate surface area is 248 Å². The number of nitrogens with zero attached hydrogens (tertiary/aromatic N) is 2. The van der Waals surface area contributed by atoms with Gasteiger partial charge in [0.1, 0.15) is 11.5 Å². The largest absolute Gasteiger partial charge is 0.491 e. The predicted octanol–water partition coefficient (Wildman–Crippen LogP) is 5.82. The molecule has 2 radical (unpaired) electrons. The average Bonchev–Trinajstić information content (AvgIpc) is 2.99. The molecule has 0 aromatic heterocycles. The number of aliphatic hydroxyl groups excluding tert-OH is 1. The van der Waals surface area contributed by atoms with Gasteiger partial charge in [-0.25, -0.2) is 10.2 Å². The van der Waals surface area contributed by atoms with E-state index in [2.05, 4.69) is 72.9 Å². The van der Waals surface area contributed by atoms with Gasteiger partial charge in [0.15, 0.2) is 0 Å². The average molecular weight is 654 g/mol. The van der Waals surface area contributed by atoms with E-state index in [0.717, 1.165) is 0 Å². The van der Waals surface area contributed by atoms with Crippen molar-refractivity contribution in [1.82, 2.24) is 5.43 Å². The Balaban J connectivity index is 0.000000239. The molecule has 206 valence electrons. The molecule has 0 bridgehead atoms. The number of nitrogens with one attached hydrogen (secondary N) is 1. The van der Waals surface area contributed by atoms with Gasteiger partial charge in [-0.2, -0.15) is 0 Å². The minimum atomic E-state index is -0.702.